The van der Waals surface area contributed by atoms with E-state index in [-0.39, 0.29) is 17.0 Å². The van der Waals surface area contributed by atoms with Crippen molar-refractivity contribution < 1.29 is 24.2 Å². The molecule has 4 rings (SSSR count). The first-order valence-corrected chi connectivity index (χ1v) is 13.4. The summed E-state index contributed by atoms with van der Waals surface area (Å²) < 4.78 is 13.4. The monoisotopic (exact) mass is 534 g/mol. The predicted octanol–water partition coefficient (Wildman–Crippen LogP) is 4.51. The van der Waals surface area contributed by atoms with Gasteiger partial charge in [-0.1, -0.05) is 31.9 Å². The Kier molecular flexibility index (Phi) is 8.60. The quantitative estimate of drug-likeness (QED) is 0.167. The van der Waals surface area contributed by atoms with Gasteiger partial charge >= 0.3 is 0 Å². The summed E-state index contributed by atoms with van der Waals surface area (Å²) in [5.74, 6) is -0.579. The second kappa shape index (κ2) is 11.9. The Bertz CT molecular complexity index is 1410. The van der Waals surface area contributed by atoms with Gasteiger partial charge in [0, 0.05) is 19.3 Å². The van der Waals surface area contributed by atoms with Crippen LogP contribution in [0.5, 0.6) is 11.5 Å². The van der Waals surface area contributed by atoms with Crippen LogP contribution in [-0.4, -0.2) is 76.9 Å². The fraction of sp³-hybridized carbons (Fsp3) is 0.433. The molecule has 1 fully saturated rings. The van der Waals surface area contributed by atoms with E-state index < -0.39 is 17.7 Å². The molecule has 0 spiro atoms. The van der Waals surface area contributed by atoms with Crippen molar-refractivity contribution in [3.63, 3.8) is 0 Å². The number of likely N-dealkylation sites (tertiary alicyclic amines) is 1. The number of methoxy groups -OCH3 is 1. The van der Waals surface area contributed by atoms with E-state index in [1.807, 2.05) is 61.6 Å². The van der Waals surface area contributed by atoms with Crippen LogP contribution in [0.4, 0.5) is 0 Å². The van der Waals surface area contributed by atoms with E-state index in [0.717, 1.165) is 24.8 Å². The molecule has 1 amide bonds. The summed E-state index contributed by atoms with van der Waals surface area (Å²) in [6, 6.07) is 8.43. The molecular weight excluding hydrogens is 496 g/mol. The number of aromatic nitrogens is 2. The summed E-state index contributed by atoms with van der Waals surface area (Å²) in [4.78, 5) is 34.9. The molecule has 1 atom stereocenters. The Morgan fingerprint density at radius 2 is 1.90 bits per heavy atom. The van der Waals surface area contributed by atoms with Crippen LogP contribution in [0, 0.1) is 13.8 Å². The molecule has 9 heteroatoms. The summed E-state index contributed by atoms with van der Waals surface area (Å²) in [5.41, 5.74) is 3.23. The Morgan fingerprint density at radius 1 is 1.13 bits per heavy atom. The van der Waals surface area contributed by atoms with Crippen molar-refractivity contribution in [2.45, 2.75) is 46.1 Å². The summed E-state index contributed by atoms with van der Waals surface area (Å²) in [5, 5.41) is 11.6. The standard InChI is InChI=1S/C30H38N4O5/c1-7-8-9-17-39-22-13-12-21(18-23(22)38-6)26-24(28(36)30(37)34(26)16-15-32(4)5)27(35)25-20(3)33-14-10-11-19(2)29(33)31-25/h10-14,18,26,35H,7-9,15-17H2,1-6H3. The number of pyridine rings is 1. The van der Waals surface area contributed by atoms with Crippen molar-refractivity contribution in [3.05, 3.63) is 64.6 Å². The molecule has 0 bridgehead atoms. The number of ether oxygens (including phenoxy) is 2. The maximum atomic E-state index is 13.5. The van der Waals surface area contributed by atoms with E-state index in [1.54, 1.807) is 19.2 Å². The van der Waals surface area contributed by atoms with Gasteiger partial charge in [0.1, 0.15) is 11.3 Å². The van der Waals surface area contributed by atoms with Crippen molar-refractivity contribution >= 4 is 23.1 Å². The van der Waals surface area contributed by atoms with Gasteiger partial charge in [0.2, 0.25) is 0 Å². The number of likely N-dealkylation sites (N-methyl/N-ethyl adjacent to an activating group) is 1. The van der Waals surface area contributed by atoms with Crippen LogP contribution >= 0.6 is 0 Å². The third-order valence-corrected chi connectivity index (χ3v) is 7.15. The van der Waals surface area contributed by atoms with Gasteiger partial charge in [-0.15, -0.1) is 0 Å². The lowest BCUT2D eigenvalue weighted by atomic mass is 9.96. The number of fused-ring (bicyclic) bond motifs is 1. The minimum absolute atomic E-state index is 0.0154. The molecule has 208 valence electrons. The molecule has 39 heavy (non-hydrogen) atoms. The number of aliphatic hydroxyl groups excluding tert-OH is 1. The van der Waals surface area contributed by atoms with Gasteiger partial charge in [-0.25, -0.2) is 4.98 Å². The van der Waals surface area contributed by atoms with Crippen LogP contribution in [0.1, 0.15) is 54.7 Å². The molecule has 3 heterocycles. The summed E-state index contributed by atoms with van der Waals surface area (Å²) in [6.45, 7) is 7.32. The van der Waals surface area contributed by atoms with Crippen LogP contribution in [0.15, 0.2) is 42.1 Å². The topological polar surface area (TPSA) is 96.6 Å². The summed E-state index contributed by atoms with van der Waals surface area (Å²) in [6.07, 6.45) is 4.96. The SMILES string of the molecule is CCCCCOc1ccc(C2C(=C(O)c3nc4c(C)cccn4c3C)C(=O)C(=O)N2CCN(C)C)cc1OC. The van der Waals surface area contributed by atoms with Crippen LogP contribution in [-0.2, 0) is 9.59 Å². The molecule has 0 saturated carbocycles. The number of carbonyl (C=O) groups excluding carboxylic acids is 2. The first-order valence-electron chi connectivity index (χ1n) is 13.4. The van der Waals surface area contributed by atoms with Crippen molar-refractivity contribution in [1.29, 1.82) is 0 Å². The van der Waals surface area contributed by atoms with E-state index in [4.69, 9.17) is 9.47 Å². The highest BCUT2D eigenvalue weighted by Gasteiger charge is 2.46. The third-order valence-electron chi connectivity index (χ3n) is 7.15. The Morgan fingerprint density at radius 3 is 2.56 bits per heavy atom. The molecule has 2 aromatic heterocycles. The average Bonchev–Trinajstić information content (AvgIpc) is 3.39. The number of amides is 1. The van der Waals surface area contributed by atoms with Crippen LogP contribution in [0.2, 0.25) is 0 Å². The third kappa shape index (κ3) is 5.49. The number of hydrogen-bond acceptors (Lipinski definition) is 7. The zero-order valence-electron chi connectivity index (χ0n) is 23.7. The van der Waals surface area contributed by atoms with Gasteiger partial charge in [-0.2, -0.15) is 0 Å². The molecule has 0 aliphatic carbocycles. The Labute approximate surface area is 229 Å². The molecule has 1 unspecified atom stereocenters. The van der Waals surface area contributed by atoms with Crippen molar-refractivity contribution in [1.82, 2.24) is 19.2 Å². The number of nitrogens with zero attached hydrogens (tertiary/aromatic N) is 4. The predicted molar refractivity (Wildman–Crippen MR) is 150 cm³/mol. The first-order chi connectivity index (χ1) is 18.7. The summed E-state index contributed by atoms with van der Waals surface area (Å²) in [7, 11) is 5.37. The lowest BCUT2D eigenvalue weighted by Gasteiger charge is -2.27. The maximum absolute atomic E-state index is 13.5. The van der Waals surface area contributed by atoms with E-state index in [9.17, 15) is 14.7 Å². The van der Waals surface area contributed by atoms with E-state index in [0.29, 0.717) is 48.1 Å². The Balaban J connectivity index is 1.83. The van der Waals surface area contributed by atoms with Crippen LogP contribution in [0.25, 0.3) is 11.4 Å². The van der Waals surface area contributed by atoms with Gasteiger partial charge in [0.15, 0.2) is 17.3 Å². The highest BCUT2D eigenvalue weighted by molar-refractivity contribution is 6.46. The lowest BCUT2D eigenvalue weighted by Crippen LogP contribution is -2.35. The van der Waals surface area contributed by atoms with Crippen LogP contribution in [0.3, 0.4) is 0 Å². The molecule has 1 aliphatic rings. The molecule has 1 N–H and O–H groups in total. The number of aliphatic hydroxyl groups is 1. The van der Waals surface area contributed by atoms with Gasteiger partial charge in [0.05, 0.1) is 31.0 Å². The van der Waals surface area contributed by atoms with Crippen molar-refractivity contribution in [2.75, 3.05) is 40.9 Å². The molecule has 9 nitrogen and oxygen atoms in total. The minimum Gasteiger partial charge on any atom is -0.505 e. The largest absolute Gasteiger partial charge is 0.505 e. The van der Waals surface area contributed by atoms with Crippen molar-refractivity contribution in [2.24, 2.45) is 0 Å². The fourth-order valence-corrected chi connectivity index (χ4v) is 4.95. The normalized spacial score (nSPS) is 17.0. The van der Waals surface area contributed by atoms with E-state index in [1.165, 1.54) is 4.90 Å². The number of aryl methyl sites for hydroxylation is 2. The number of carbonyl (C=O) groups is 2. The zero-order valence-corrected chi connectivity index (χ0v) is 23.7. The second-order valence-corrected chi connectivity index (χ2v) is 10.2. The van der Waals surface area contributed by atoms with Gasteiger partial charge in [-0.05, 0) is 63.7 Å². The van der Waals surface area contributed by atoms with Gasteiger partial charge < -0.3 is 28.8 Å². The number of rotatable bonds is 11. The number of ketones is 1. The maximum Gasteiger partial charge on any atom is 0.295 e. The number of hydrogen-bond donors (Lipinski definition) is 1. The number of unbranched alkanes of at least 4 members (excludes halogenated alkanes) is 2. The highest BCUT2D eigenvalue weighted by Crippen LogP contribution is 2.42. The smallest absolute Gasteiger partial charge is 0.295 e. The average molecular weight is 535 g/mol. The molecular formula is C30H38N4O5. The highest BCUT2D eigenvalue weighted by atomic mass is 16.5. The van der Waals surface area contributed by atoms with Crippen LogP contribution < -0.4 is 9.47 Å². The lowest BCUT2D eigenvalue weighted by molar-refractivity contribution is -0.140. The second-order valence-electron chi connectivity index (χ2n) is 10.2. The zero-order chi connectivity index (χ0) is 28.3. The molecule has 1 aromatic carbocycles. The minimum atomic E-state index is -0.807. The first kappa shape index (κ1) is 28.2. The molecule has 1 saturated heterocycles. The fourth-order valence-electron chi connectivity index (χ4n) is 4.95. The number of benzene rings is 1. The van der Waals surface area contributed by atoms with E-state index in [2.05, 4.69) is 11.9 Å². The van der Waals surface area contributed by atoms with Crippen molar-refractivity contribution in [3.8, 4) is 11.5 Å². The molecule has 1 aliphatic heterocycles. The molecule has 3 aromatic rings. The Hall–Kier alpha value is -3.85. The summed E-state index contributed by atoms with van der Waals surface area (Å²) >= 11 is 0. The number of Topliss-reactive ketones (excluding diaryl/α,β-unsaturated/α-hetero) is 1. The van der Waals surface area contributed by atoms with Gasteiger partial charge in [0.25, 0.3) is 11.7 Å². The molecule has 0 radical (unpaired) electrons. The number of imidazole rings is 1. The van der Waals surface area contributed by atoms with E-state index >= 15 is 0 Å². The van der Waals surface area contributed by atoms with Gasteiger partial charge in [-0.3, -0.25) is 9.59 Å².